The van der Waals surface area contributed by atoms with E-state index in [9.17, 15) is 5.11 Å². The Morgan fingerprint density at radius 2 is 1.59 bits per heavy atom. The fraction of sp³-hybridized carbons (Fsp3) is 0.200. The molecule has 0 aromatic heterocycles. The Morgan fingerprint density at radius 1 is 0.941 bits per heavy atom. The van der Waals surface area contributed by atoms with Crippen LogP contribution in [0.15, 0.2) is 54.6 Å². The third-order valence-electron chi connectivity index (χ3n) is 2.83. The molecule has 2 aromatic rings. The Labute approximate surface area is 107 Å². The van der Waals surface area contributed by atoms with Crippen molar-refractivity contribution in [3.05, 3.63) is 70.7 Å². The maximum absolute atomic E-state index is 10.0. The number of hydrogen-bond donors (Lipinski definition) is 1. The van der Waals surface area contributed by atoms with Gasteiger partial charge in [0.05, 0.1) is 6.10 Å². The SMILES string of the molecule is O[C@H](CCc1ccccc1Cl)c1ccccc1. The summed E-state index contributed by atoms with van der Waals surface area (Å²) in [6, 6.07) is 17.5. The maximum atomic E-state index is 10.0. The van der Waals surface area contributed by atoms with Crippen LogP contribution in [0.4, 0.5) is 0 Å². The van der Waals surface area contributed by atoms with E-state index in [2.05, 4.69) is 0 Å². The molecule has 1 N–H and O–H groups in total. The molecule has 0 aliphatic rings. The minimum atomic E-state index is -0.424. The second-order valence-electron chi connectivity index (χ2n) is 4.06. The van der Waals surface area contributed by atoms with Crippen molar-refractivity contribution in [3.63, 3.8) is 0 Å². The lowest BCUT2D eigenvalue weighted by Gasteiger charge is -2.11. The minimum absolute atomic E-state index is 0.424. The third kappa shape index (κ3) is 3.32. The predicted octanol–water partition coefficient (Wildman–Crippen LogP) is 4.01. The fourth-order valence-electron chi connectivity index (χ4n) is 1.84. The van der Waals surface area contributed by atoms with E-state index in [1.807, 2.05) is 54.6 Å². The first kappa shape index (κ1) is 12.2. The molecule has 0 heterocycles. The normalized spacial score (nSPS) is 12.4. The van der Waals surface area contributed by atoms with Gasteiger partial charge in [0.2, 0.25) is 0 Å². The highest BCUT2D eigenvalue weighted by atomic mass is 35.5. The third-order valence-corrected chi connectivity index (χ3v) is 3.20. The number of aliphatic hydroxyl groups is 1. The van der Waals surface area contributed by atoms with Crippen LogP contribution < -0.4 is 0 Å². The van der Waals surface area contributed by atoms with E-state index in [-0.39, 0.29) is 0 Å². The van der Waals surface area contributed by atoms with Crippen LogP contribution in [0.5, 0.6) is 0 Å². The van der Waals surface area contributed by atoms with E-state index >= 15 is 0 Å². The molecule has 0 saturated carbocycles. The molecule has 2 heteroatoms. The lowest BCUT2D eigenvalue weighted by Crippen LogP contribution is -1.99. The molecule has 2 aromatic carbocycles. The number of aliphatic hydroxyl groups excluding tert-OH is 1. The summed E-state index contributed by atoms with van der Waals surface area (Å²) in [5.74, 6) is 0. The van der Waals surface area contributed by atoms with E-state index < -0.39 is 6.10 Å². The van der Waals surface area contributed by atoms with E-state index in [4.69, 9.17) is 11.6 Å². The van der Waals surface area contributed by atoms with Crippen LogP contribution in [-0.2, 0) is 6.42 Å². The van der Waals surface area contributed by atoms with Crippen LogP contribution >= 0.6 is 11.6 Å². The van der Waals surface area contributed by atoms with Crippen molar-refractivity contribution in [2.24, 2.45) is 0 Å². The highest BCUT2D eigenvalue weighted by Gasteiger charge is 2.08. The van der Waals surface area contributed by atoms with Crippen LogP contribution in [0.25, 0.3) is 0 Å². The van der Waals surface area contributed by atoms with Gasteiger partial charge in [0, 0.05) is 5.02 Å². The molecular formula is C15H15ClO. The van der Waals surface area contributed by atoms with Crippen molar-refractivity contribution in [1.82, 2.24) is 0 Å². The Bertz CT molecular complexity index is 467. The molecule has 17 heavy (non-hydrogen) atoms. The molecule has 0 aliphatic carbocycles. The molecule has 0 saturated heterocycles. The van der Waals surface area contributed by atoms with Crippen molar-refractivity contribution in [1.29, 1.82) is 0 Å². The van der Waals surface area contributed by atoms with Crippen molar-refractivity contribution in [2.75, 3.05) is 0 Å². The molecule has 1 atom stereocenters. The lowest BCUT2D eigenvalue weighted by atomic mass is 10.0. The van der Waals surface area contributed by atoms with Gasteiger partial charge in [-0.1, -0.05) is 60.1 Å². The van der Waals surface area contributed by atoms with Gasteiger partial charge in [-0.2, -0.15) is 0 Å². The topological polar surface area (TPSA) is 20.2 Å². The zero-order chi connectivity index (χ0) is 12.1. The predicted molar refractivity (Wildman–Crippen MR) is 71.2 cm³/mol. The summed E-state index contributed by atoms with van der Waals surface area (Å²) >= 11 is 6.07. The molecule has 0 fully saturated rings. The van der Waals surface area contributed by atoms with Crippen LogP contribution in [0.3, 0.4) is 0 Å². The molecule has 2 rings (SSSR count). The van der Waals surface area contributed by atoms with Crippen molar-refractivity contribution < 1.29 is 5.11 Å². The molecule has 1 nitrogen and oxygen atoms in total. The highest BCUT2D eigenvalue weighted by molar-refractivity contribution is 6.31. The Kier molecular flexibility index (Phi) is 4.18. The first-order chi connectivity index (χ1) is 8.27. The quantitative estimate of drug-likeness (QED) is 0.864. The van der Waals surface area contributed by atoms with E-state index in [0.29, 0.717) is 6.42 Å². The number of rotatable bonds is 4. The molecule has 0 unspecified atom stereocenters. The van der Waals surface area contributed by atoms with E-state index in [1.165, 1.54) is 0 Å². The van der Waals surface area contributed by atoms with E-state index in [1.54, 1.807) is 0 Å². The maximum Gasteiger partial charge on any atom is 0.0793 e. The molecule has 0 bridgehead atoms. The number of benzene rings is 2. The van der Waals surface area contributed by atoms with Gasteiger partial charge in [-0.3, -0.25) is 0 Å². The minimum Gasteiger partial charge on any atom is -0.388 e. The highest BCUT2D eigenvalue weighted by Crippen LogP contribution is 2.22. The van der Waals surface area contributed by atoms with Gasteiger partial charge < -0.3 is 5.11 Å². The Balaban J connectivity index is 1.97. The smallest absolute Gasteiger partial charge is 0.0793 e. The average molecular weight is 247 g/mol. The summed E-state index contributed by atoms with van der Waals surface area (Å²) in [7, 11) is 0. The molecule has 0 spiro atoms. The van der Waals surface area contributed by atoms with Crippen molar-refractivity contribution >= 4 is 11.6 Å². The van der Waals surface area contributed by atoms with Gasteiger partial charge in [-0.15, -0.1) is 0 Å². The van der Waals surface area contributed by atoms with Crippen LogP contribution in [-0.4, -0.2) is 5.11 Å². The van der Waals surface area contributed by atoms with Gasteiger partial charge in [0.15, 0.2) is 0 Å². The number of halogens is 1. The summed E-state index contributed by atoms with van der Waals surface area (Å²) < 4.78 is 0. The molecule has 0 aliphatic heterocycles. The second-order valence-corrected chi connectivity index (χ2v) is 4.46. The molecule has 88 valence electrons. The second kappa shape index (κ2) is 5.85. The first-order valence-corrected chi connectivity index (χ1v) is 6.11. The largest absolute Gasteiger partial charge is 0.388 e. The van der Waals surface area contributed by atoms with Gasteiger partial charge >= 0.3 is 0 Å². The molecule has 0 radical (unpaired) electrons. The van der Waals surface area contributed by atoms with Crippen LogP contribution in [0.2, 0.25) is 5.02 Å². The zero-order valence-electron chi connectivity index (χ0n) is 9.51. The first-order valence-electron chi connectivity index (χ1n) is 5.74. The summed E-state index contributed by atoms with van der Waals surface area (Å²) in [5, 5.41) is 10.8. The standard InChI is InChI=1S/C15H15ClO/c16-14-9-5-4-6-12(14)10-11-15(17)13-7-2-1-3-8-13/h1-9,15,17H,10-11H2/t15-/m1/s1. The van der Waals surface area contributed by atoms with Gasteiger partial charge in [0.1, 0.15) is 0 Å². The van der Waals surface area contributed by atoms with Gasteiger partial charge in [-0.05, 0) is 30.0 Å². The number of aryl methyl sites for hydroxylation is 1. The summed E-state index contributed by atoms with van der Waals surface area (Å²) in [5.41, 5.74) is 2.05. The van der Waals surface area contributed by atoms with Gasteiger partial charge in [-0.25, -0.2) is 0 Å². The lowest BCUT2D eigenvalue weighted by molar-refractivity contribution is 0.168. The summed E-state index contributed by atoms with van der Waals surface area (Å²) in [6.45, 7) is 0. The van der Waals surface area contributed by atoms with E-state index in [0.717, 1.165) is 22.6 Å². The number of hydrogen-bond acceptors (Lipinski definition) is 1. The molecule has 0 amide bonds. The van der Waals surface area contributed by atoms with Crippen LogP contribution in [0.1, 0.15) is 23.7 Å². The summed E-state index contributed by atoms with van der Waals surface area (Å²) in [4.78, 5) is 0. The summed E-state index contributed by atoms with van der Waals surface area (Å²) in [6.07, 6.45) is 1.05. The molecular weight excluding hydrogens is 232 g/mol. The van der Waals surface area contributed by atoms with Gasteiger partial charge in [0.25, 0.3) is 0 Å². The monoisotopic (exact) mass is 246 g/mol. The Hall–Kier alpha value is -1.31. The average Bonchev–Trinajstić information content (AvgIpc) is 2.38. The van der Waals surface area contributed by atoms with Crippen LogP contribution in [0, 0.1) is 0 Å². The zero-order valence-corrected chi connectivity index (χ0v) is 10.3. The van der Waals surface area contributed by atoms with Crippen molar-refractivity contribution in [2.45, 2.75) is 18.9 Å². The van der Waals surface area contributed by atoms with Crippen molar-refractivity contribution in [3.8, 4) is 0 Å². The fourth-order valence-corrected chi connectivity index (χ4v) is 2.07. The Morgan fingerprint density at radius 3 is 2.29 bits per heavy atom.